The summed E-state index contributed by atoms with van der Waals surface area (Å²) in [6.07, 6.45) is 4.42. The fraction of sp³-hybridized carbons (Fsp3) is 0.167. The zero-order chi connectivity index (χ0) is 14.4. The van der Waals surface area contributed by atoms with Crippen LogP contribution in [0.4, 0.5) is 11.5 Å². The van der Waals surface area contributed by atoms with E-state index in [0.29, 0.717) is 24.7 Å². The molecule has 0 fully saturated rings. The number of nitrogens with zero attached hydrogens (tertiary/aromatic N) is 3. The number of rotatable bonds is 6. The largest absolute Gasteiger partial charge is 0.490 e. The molecule has 0 atom stereocenters. The quantitative estimate of drug-likeness (QED) is 0.500. The van der Waals surface area contributed by atoms with Crippen LogP contribution in [0.3, 0.4) is 0 Å². The lowest BCUT2D eigenvalue weighted by atomic mass is 10.4. The van der Waals surface area contributed by atoms with Gasteiger partial charge in [0.2, 0.25) is 0 Å². The summed E-state index contributed by atoms with van der Waals surface area (Å²) in [6, 6.07) is 4.82. The Hall–Kier alpha value is -2.41. The van der Waals surface area contributed by atoms with E-state index in [2.05, 4.69) is 15.3 Å². The average molecular weight is 295 g/mol. The Morgan fingerprint density at radius 3 is 2.95 bits per heavy atom. The predicted molar refractivity (Wildman–Crippen MR) is 74.1 cm³/mol. The summed E-state index contributed by atoms with van der Waals surface area (Å²) in [5.74, 6) is 1.05. The minimum absolute atomic E-state index is 0.146. The Bertz CT molecular complexity index is 595. The van der Waals surface area contributed by atoms with Gasteiger partial charge in [-0.15, -0.1) is 0 Å². The third kappa shape index (κ3) is 3.79. The number of aromatic nitrogens is 2. The lowest BCUT2D eigenvalue weighted by molar-refractivity contribution is -0.385. The van der Waals surface area contributed by atoms with E-state index < -0.39 is 4.92 Å². The highest BCUT2D eigenvalue weighted by Crippen LogP contribution is 2.23. The van der Waals surface area contributed by atoms with Gasteiger partial charge >= 0.3 is 0 Å². The normalized spacial score (nSPS) is 10.1. The van der Waals surface area contributed by atoms with Crippen molar-refractivity contribution in [3.63, 3.8) is 0 Å². The maximum atomic E-state index is 10.5. The van der Waals surface area contributed by atoms with Crippen molar-refractivity contribution in [3.05, 3.63) is 51.9 Å². The Morgan fingerprint density at radius 1 is 1.45 bits per heavy atom. The molecular formula is C12H11ClN4O3. The number of nitrogens with one attached hydrogen (secondary N) is 1. The van der Waals surface area contributed by atoms with E-state index in [1.165, 1.54) is 6.07 Å². The van der Waals surface area contributed by atoms with Crippen LogP contribution >= 0.6 is 11.6 Å². The highest BCUT2D eigenvalue weighted by atomic mass is 35.5. The molecular weight excluding hydrogens is 284 g/mol. The maximum absolute atomic E-state index is 10.5. The molecule has 0 aliphatic rings. The van der Waals surface area contributed by atoms with Gasteiger partial charge in [-0.25, -0.2) is 4.98 Å². The summed E-state index contributed by atoms with van der Waals surface area (Å²) in [7, 11) is 0. The standard InChI is InChI=1S/C12H11ClN4O3/c13-11-6-9(17(18)19)7-16-12(11)15-4-5-20-10-2-1-3-14-8-10/h1-3,6-8H,4-5H2,(H,15,16). The molecule has 2 rings (SSSR count). The van der Waals surface area contributed by atoms with Crippen molar-refractivity contribution in [2.24, 2.45) is 0 Å². The summed E-state index contributed by atoms with van der Waals surface area (Å²) < 4.78 is 5.43. The van der Waals surface area contributed by atoms with Crippen LogP contribution in [0.15, 0.2) is 36.8 Å². The van der Waals surface area contributed by atoms with Gasteiger partial charge in [0.1, 0.15) is 24.4 Å². The second-order valence-electron chi connectivity index (χ2n) is 3.75. The van der Waals surface area contributed by atoms with Crippen molar-refractivity contribution in [2.45, 2.75) is 0 Å². The van der Waals surface area contributed by atoms with Crippen LogP contribution in [0.5, 0.6) is 5.75 Å². The van der Waals surface area contributed by atoms with Crippen LogP contribution < -0.4 is 10.1 Å². The maximum Gasteiger partial charge on any atom is 0.289 e. The number of hydrogen-bond donors (Lipinski definition) is 1. The van der Waals surface area contributed by atoms with Crippen molar-refractivity contribution < 1.29 is 9.66 Å². The van der Waals surface area contributed by atoms with Gasteiger partial charge < -0.3 is 10.1 Å². The molecule has 2 heterocycles. The summed E-state index contributed by atoms with van der Waals surface area (Å²) in [4.78, 5) is 17.8. The average Bonchev–Trinajstić information content (AvgIpc) is 2.46. The third-order valence-corrected chi connectivity index (χ3v) is 2.62. The van der Waals surface area contributed by atoms with Crippen molar-refractivity contribution in [1.29, 1.82) is 0 Å². The molecule has 7 nitrogen and oxygen atoms in total. The Morgan fingerprint density at radius 2 is 2.30 bits per heavy atom. The molecule has 1 N–H and O–H groups in total. The molecule has 0 amide bonds. The smallest absolute Gasteiger partial charge is 0.289 e. The van der Waals surface area contributed by atoms with Gasteiger partial charge in [0.25, 0.3) is 5.69 Å². The molecule has 104 valence electrons. The summed E-state index contributed by atoms with van der Waals surface area (Å²) >= 11 is 5.89. The fourth-order valence-electron chi connectivity index (χ4n) is 1.43. The number of ether oxygens (including phenoxy) is 1. The first kappa shape index (κ1) is 14.0. The SMILES string of the molecule is O=[N+]([O-])c1cnc(NCCOc2cccnc2)c(Cl)c1. The van der Waals surface area contributed by atoms with Crippen molar-refractivity contribution in [2.75, 3.05) is 18.5 Å². The first-order chi connectivity index (χ1) is 9.66. The first-order valence-corrected chi connectivity index (χ1v) is 6.11. The lowest BCUT2D eigenvalue weighted by Crippen LogP contribution is -2.12. The molecule has 0 aliphatic heterocycles. The van der Waals surface area contributed by atoms with Crippen molar-refractivity contribution >= 4 is 23.1 Å². The topological polar surface area (TPSA) is 90.2 Å². The van der Waals surface area contributed by atoms with Gasteiger partial charge in [-0.05, 0) is 12.1 Å². The minimum Gasteiger partial charge on any atom is -0.490 e. The zero-order valence-electron chi connectivity index (χ0n) is 10.3. The third-order valence-electron chi connectivity index (χ3n) is 2.34. The molecule has 8 heteroatoms. The second-order valence-corrected chi connectivity index (χ2v) is 4.15. The highest BCUT2D eigenvalue weighted by Gasteiger charge is 2.10. The molecule has 0 saturated heterocycles. The van der Waals surface area contributed by atoms with E-state index in [4.69, 9.17) is 16.3 Å². The Labute approximate surface area is 119 Å². The Balaban J connectivity index is 1.84. The van der Waals surface area contributed by atoms with Crippen molar-refractivity contribution in [1.82, 2.24) is 9.97 Å². The van der Waals surface area contributed by atoms with E-state index >= 15 is 0 Å². The Kier molecular flexibility index (Phi) is 4.67. The number of pyridine rings is 2. The van der Waals surface area contributed by atoms with Gasteiger partial charge in [-0.1, -0.05) is 11.6 Å². The molecule has 0 unspecified atom stereocenters. The van der Waals surface area contributed by atoms with Crippen LogP contribution in [0.1, 0.15) is 0 Å². The van der Waals surface area contributed by atoms with Crippen LogP contribution in [0.25, 0.3) is 0 Å². The molecule has 20 heavy (non-hydrogen) atoms. The van der Waals surface area contributed by atoms with E-state index in [0.717, 1.165) is 6.20 Å². The summed E-state index contributed by atoms with van der Waals surface area (Å²) in [5.41, 5.74) is -0.146. The highest BCUT2D eigenvalue weighted by molar-refractivity contribution is 6.33. The van der Waals surface area contributed by atoms with Gasteiger partial charge in [0.15, 0.2) is 0 Å². The first-order valence-electron chi connectivity index (χ1n) is 5.73. The van der Waals surface area contributed by atoms with E-state index in [-0.39, 0.29) is 10.7 Å². The van der Waals surface area contributed by atoms with Gasteiger partial charge in [-0.2, -0.15) is 0 Å². The zero-order valence-corrected chi connectivity index (χ0v) is 11.1. The van der Waals surface area contributed by atoms with E-state index in [1.54, 1.807) is 24.5 Å². The lowest BCUT2D eigenvalue weighted by Gasteiger charge is -2.08. The van der Waals surface area contributed by atoms with Crippen LogP contribution in [0.2, 0.25) is 5.02 Å². The van der Waals surface area contributed by atoms with Crippen LogP contribution in [-0.2, 0) is 0 Å². The number of halogens is 1. The molecule has 2 aromatic rings. The molecule has 0 bridgehead atoms. The number of nitro groups is 1. The van der Waals surface area contributed by atoms with Gasteiger partial charge in [-0.3, -0.25) is 15.1 Å². The van der Waals surface area contributed by atoms with Gasteiger partial charge in [0, 0.05) is 12.3 Å². The summed E-state index contributed by atoms with van der Waals surface area (Å²) in [5, 5.41) is 13.7. The van der Waals surface area contributed by atoms with Crippen molar-refractivity contribution in [3.8, 4) is 5.75 Å². The predicted octanol–water partition coefficient (Wildman–Crippen LogP) is 2.53. The monoisotopic (exact) mass is 294 g/mol. The number of hydrogen-bond acceptors (Lipinski definition) is 6. The number of anilines is 1. The minimum atomic E-state index is -0.547. The second kappa shape index (κ2) is 6.67. The van der Waals surface area contributed by atoms with Crippen LogP contribution in [0, 0.1) is 10.1 Å². The molecule has 0 aliphatic carbocycles. The van der Waals surface area contributed by atoms with Crippen LogP contribution in [-0.4, -0.2) is 28.0 Å². The fourth-order valence-corrected chi connectivity index (χ4v) is 1.66. The molecule has 2 aromatic heterocycles. The van der Waals surface area contributed by atoms with E-state index in [1.807, 2.05) is 0 Å². The summed E-state index contributed by atoms with van der Waals surface area (Å²) in [6.45, 7) is 0.847. The molecule has 0 saturated carbocycles. The molecule has 0 spiro atoms. The van der Waals surface area contributed by atoms with Gasteiger partial charge in [0.05, 0.1) is 22.7 Å². The molecule has 0 aromatic carbocycles. The molecule has 0 radical (unpaired) electrons. The van der Waals surface area contributed by atoms with E-state index in [9.17, 15) is 10.1 Å².